The van der Waals surface area contributed by atoms with E-state index in [9.17, 15) is 5.26 Å². The minimum Gasteiger partial charge on any atom is -0.276 e. The molecule has 0 aliphatic rings. The van der Waals surface area contributed by atoms with Crippen LogP contribution in [0.3, 0.4) is 0 Å². The molecule has 7 heteroatoms. The molecule has 0 fully saturated rings. The first kappa shape index (κ1) is 18.7. The zero-order valence-corrected chi connectivity index (χ0v) is 17.2. The third kappa shape index (κ3) is 3.06. The summed E-state index contributed by atoms with van der Waals surface area (Å²) in [7, 11) is 0. The molecular formula is C24H19N7. The molecule has 0 saturated carbocycles. The Labute approximate surface area is 178 Å². The molecule has 3 heterocycles. The van der Waals surface area contributed by atoms with E-state index in [0.29, 0.717) is 11.2 Å². The molecule has 5 aromatic rings. The number of aromatic nitrogens is 4. The van der Waals surface area contributed by atoms with Gasteiger partial charge in [0.15, 0.2) is 5.65 Å². The Morgan fingerprint density at radius 1 is 1.10 bits per heavy atom. The molecule has 1 N–H and O–H groups in total. The summed E-state index contributed by atoms with van der Waals surface area (Å²) in [6.07, 6.45) is 5.87. The Bertz CT molecular complexity index is 1520. The molecule has 31 heavy (non-hydrogen) atoms. The first-order valence-electron chi connectivity index (χ1n) is 10.0. The molecule has 0 unspecified atom stereocenters. The summed E-state index contributed by atoms with van der Waals surface area (Å²) in [6, 6.07) is 16.0. The van der Waals surface area contributed by atoms with E-state index in [-0.39, 0.29) is 0 Å². The van der Waals surface area contributed by atoms with Gasteiger partial charge >= 0.3 is 0 Å². The van der Waals surface area contributed by atoms with Gasteiger partial charge < -0.3 is 0 Å². The molecule has 0 aliphatic heterocycles. The number of hydrogen-bond donors (Lipinski definition) is 1. The molecule has 0 radical (unpaired) electrons. The van der Waals surface area contributed by atoms with Crippen LogP contribution in [0.2, 0.25) is 0 Å². The number of pyridine rings is 1. The summed E-state index contributed by atoms with van der Waals surface area (Å²) in [6.45, 7) is 4.04. The van der Waals surface area contributed by atoms with E-state index in [1.807, 2.05) is 53.8 Å². The molecule has 0 amide bonds. The predicted octanol–water partition coefficient (Wildman–Crippen LogP) is 4.62. The monoisotopic (exact) mass is 405 g/mol. The van der Waals surface area contributed by atoms with Gasteiger partial charge in [-0.3, -0.25) is 19.8 Å². The Hall–Kier alpha value is -4.31. The molecule has 5 rings (SSSR count). The lowest BCUT2D eigenvalue weighted by molar-refractivity contribution is 1.04. The van der Waals surface area contributed by atoms with Crippen LogP contribution in [0.5, 0.6) is 0 Å². The quantitative estimate of drug-likeness (QED) is 0.348. The summed E-state index contributed by atoms with van der Waals surface area (Å²) in [5, 5.41) is 14.3. The fourth-order valence-corrected chi connectivity index (χ4v) is 3.96. The number of nitrogens with zero attached hydrogens (tertiary/aromatic N) is 6. The maximum Gasteiger partial charge on any atom is 0.157 e. The predicted molar refractivity (Wildman–Crippen MR) is 122 cm³/mol. The van der Waals surface area contributed by atoms with Crippen molar-refractivity contribution in [1.29, 1.82) is 5.26 Å². The number of para-hydroxylation sites is 2. The average Bonchev–Trinajstić information content (AvgIpc) is 3.18. The fraction of sp³-hybridized carbons (Fsp3) is 0.125. The van der Waals surface area contributed by atoms with Crippen molar-refractivity contribution in [2.45, 2.75) is 20.3 Å². The van der Waals surface area contributed by atoms with E-state index in [1.54, 1.807) is 18.6 Å². The average molecular weight is 405 g/mol. The number of anilines is 1. The second-order valence-corrected chi connectivity index (χ2v) is 7.23. The second-order valence-electron chi connectivity index (χ2n) is 7.23. The largest absolute Gasteiger partial charge is 0.276 e. The molecule has 3 aromatic heterocycles. The SMILES string of the molecule is CCc1c(C)c(C#N)c2nc3ccccc3n2c1NN=Cc1ccc2nccnc2c1. The summed E-state index contributed by atoms with van der Waals surface area (Å²) in [5.74, 6) is 0.819. The molecule has 150 valence electrons. The summed E-state index contributed by atoms with van der Waals surface area (Å²) >= 11 is 0. The smallest absolute Gasteiger partial charge is 0.157 e. The topological polar surface area (TPSA) is 91.3 Å². The van der Waals surface area contributed by atoms with Crippen LogP contribution >= 0.6 is 0 Å². The highest BCUT2D eigenvalue weighted by Gasteiger charge is 2.19. The molecule has 7 nitrogen and oxygen atoms in total. The Balaban J connectivity index is 1.64. The van der Waals surface area contributed by atoms with Crippen molar-refractivity contribution in [1.82, 2.24) is 19.4 Å². The normalized spacial score (nSPS) is 11.5. The van der Waals surface area contributed by atoms with Crippen molar-refractivity contribution in [3.8, 4) is 6.07 Å². The number of nitrogens with one attached hydrogen (secondary N) is 1. The lowest BCUT2D eigenvalue weighted by atomic mass is 10.0. The highest BCUT2D eigenvalue weighted by molar-refractivity contribution is 5.88. The number of rotatable bonds is 4. The fourth-order valence-electron chi connectivity index (χ4n) is 3.96. The highest BCUT2D eigenvalue weighted by Crippen LogP contribution is 2.31. The van der Waals surface area contributed by atoms with Gasteiger partial charge in [0.25, 0.3) is 0 Å². The number of hydrazone groups is 1. The molecule has 0 bridgehead atoms. The molecule has 2 aromatic carbocycles. The Kier molecular flexibility index (Phi) is 4.53. The summed E-state index contributed by atoms with van der Waals surface area (Å²) in [5.41, 5.74) is 10.8. The van der Waals surface area contributed by atoms with E-state index in [4.69, 9.17) is 4.98 Å². The van der Waals surface area contributed by atoms with Crippen molar-refractivity contribution in [2.75, 3.05) is 5.43 Å². The van der Waals surface area contributed by atoms with Gasteiger partial charge in [-0.15, -0.1) is 0 Å². The zero-order chi connectivity index (χ0) is 21.4. The first-order chi connectivity index (χ1) is 15.2. The van der Waals surface area contributed by atoms with Gasteiger partial charge in [-0.1, -0.05) is 25.1 Å². The minimum absolute atomic E-state index is 0.593. The first-order valence-corrected chi connectivity index (χ1v) is 10.0. The Morgan fingerprint density at radius 3 is 2.71 bits per heavy atom. The maximum absolute atomic E-state index is 9.80. The van der Waals surface area contributed by atoms with E-state index < -0.39 is 0 Å². The number of fused-ring (bicyclic) bond motifs is 4. The molecule has 0 atom stereocenters. The third-order valence-electron chi connectivity index (χ3n) is 5.46. The van der Waals surface area contributed by atoms with Gasteiger partial charge in [0.1, 0.15) is 11.9 Å². The molecular weight excluding hydrogens is 386 g/mol. The van der Waals surface area contributed by atoms with Gasteiger partial charge in [-0.2, -0.15) is 10.4 Å². The van der Waals surface area contributed by atoms with Crippen LogP contribution in [0.1, 0.15) is 29.2 Å². The van der Waals surface area contributed by atoms with Gasteiger partial charge in [0, 0.05) is 12.4 Å². The van der Waals surface area contributed by atoms with Crippen LogP contribution in [-0.4, -0.2) is 25.6 Å². The minimum atomic E-state index is 0.593. The van der Waals surface area contributed by atoms with Crippen LogP contribution < -0.4 is 5.43 Å². The van der Waals surface area contributed by atoms with Gasteiger partial charge in [0.05, 0.1) is 33.8 Å². The van der Waals surface area contributed by atoms with Crippen LogP contribution in [-0.2, 0) is 6.42 Å². The summed E-state index contributed by atoms with van der Waals surface area (Å²) < 4.78 is 1.99. The molecule has 0 aliphatic carbocycles. The number of hydrogen-bond acceptors (Lipinski definition) is 6. The van der Waals surface area contributed by atoms with Crippen LogP contribution in [0.25, 0.3) is 27.7 Å². The van der Waals surface area contributed by atoms with Crippen LogP contribution in [0.15, 0.2) is 60.0 Å². The van der Waals surface area contributed by atoms with Gasteiger partial charge in [-0.25, -0.2) is 4.98 Å². The van der Waals surface area contributed by atoms with Gasteiger partial charge in [0.2, 0.25) is 0 Å². The standard InChI is InChI=1S/C24H19N7/c1-3-17-15(2)18(13-25)23-29-20-6-4-5-7-22(20)31(23)24(17)30-28-14-16-8-9-19-21(12-16)27-11-10-26-19/h4-12,14,30H,3H2,1-2H3. The van der Waals surface area contributed by atoms with E-state index in [1.165, 1.54) is 0 Å². The van der Waals surface area contributed by atoms with E-state index in [0.717, 1.165) is 51.0 Å². The maximum atomic E-state index is 9.80. The highest BCUT2D eigenvalue weighted by atomic mass is 15.3. The Morgan fingerprint density at radius 2 is 1.90 bits per heavy atom. The van der Waals surface area contributed by atoms with Crippen molar-refractivity contribution >= 4 is 39.7 Å². The third-order valence-corrected chi connectivity index (χ3v) is 5.46. The van der Waals surface area contributed by atoms with Crippen LogP contribution in [0.4, 0.5) is 5.82 Å². The number of imidazole rings is 1. The molecule has 0 spiro atoms. The lowest BCUT2D eigenvalue weighted by Crippen LogP contribution is -2.07. The molecule has 0 saturated heterocycles. The number of benzene rings is 2. The zero-order valence-electron chi connectivity index (χ0n) is 17.2. The summed E-state index contributed by atoms with van der Waals surface area (Å²) in [4.78, 5) is 13.4. The van der Waals surface area contributed by atoms with Crippen molar-refractivity contribution < 1.29 is 0 Å². The van der Waals surface area contributed by atoms with Crippen LogP contribution in [0, 0.1) is 18.3 Å². The van der Waals surface area contributed by atoms with E-state index in [2.05, 4.69) is 33.5 Å². The van der Waals surface area contributed by atoms with Crippen molar-refractivity contribution in [3.05, 3.63) is 77.1 Å². The van der Waals surface area contributed by atoms with Crippen molar-refractivity contribution in [3.63, 3.8) is 0 Å². The number of nitriles is 1. The van der Waals surface area contributed by atoms with Gasteiger partial charge in [-0.05, 0) is 54.3 Å². The lowest BCUT2D eigenvalue weighted by Gasteiger charge is -2.15. The van der Waals surface area contributed by atoms with Crippen molar-refractivity contribution in [2.24, 2.45) is 5.10 Å². The van der Waals surface area contributed by atoms with E-state index >= 15 is 0 Å². The second kappa shape index (κ2) is 7.50.